The Morgan fingerprint density at radius 1 is 1.10 bits per heavy atom. The van der Waals surface area contributed by atoms with E-state index in [2.05, 4.69) is 22.3 Å². The zero-order valence-corrected chi connectivity index (χ0v) is 24.7. The number of nitrogens with zero attached hydrogens (tertiary/aromatic N) is 2. The van der Waals surface area contributed by atoms with Crippen LogP contribution in [0.1, 0.15) is 64.6 Å². The summed E-state index contributed by atoms with van der Waals surface area (Å²) in [7, 11) is 0. The Balaban J connectivity index is 1.62. The highest BCUT2D eigenvalue weighted by molar-refractivity contribution is 6.30. The number of benzene rings is 2. The van der Waals surface area contributed by atoms with E-state index in [0.717, 1.165) is 19.6 Å². The van der Waals surface area contributed by atoms with Crippen molar-refractivity contribution in [1.82, 2.24) is 15.1 Å². The molecule has 4 rings (SSSR count). The first-order chi connectivity index (χ1) is 18.9. The lowest BCUT2D eigenvalue weighted by atomic mass is 9.95. The van der Waals surface area contributed by atoms with Gasteiger partial charge in [-0.2, -0.15) is 0 Å². The van der Waals surface area contributed by atoms with Crippen LogP contribution in [0.4, 0.5) is 0 Å². The molecule has 2 aromatic rings. The van der Waals surface area contributed by atoms with E-state index in [9.17, 15) is 14.4 Å². The van der Waals surface area contributed by atoms with Gasteiger partial charge < -0.3 is 19.7 Å². The number of ether oxygens (including phenoxy) is 2. The summed E-state index contributed by atoms with van der Waals surface area (Å²) in [6, 6.07) is 14.2. The molecule has 40 heavy (non-hydrogen) atoms. The highest BCUT2D eigenvalue weighted by atomic mass is 35.5. The highest BCUT2D eigenvalue weighted by Gasteiger charge is 2.45. The van der Waals surface area contributed by atoms with Gasteiger partial charge >= 0.3 is 5.97 Å². The van der Waals surface area contributed by atoms with Crippen molar-refractivity contribution in [3.63, 3.8) is 0 Å². The number of piperidine rings is 1. The molecule has 1 N–H and O–H groups in total. The van der Waals surface area contributed by atoms with Crippen molar-refractivity contribution < 1.29 is 23.9 Å². The minimum absolute atomic E-state index is 0.125. The number of carbonyl (C=O) groups excluding carboxylic acids is 3. The standard InChI is InChI=1S/C31H40ClN3O5/c1-20(2)28-30(38)35(23-13-15-34(16-14-23)19-21-9-7-6-8-10-21)27(24-17-22(32)11-12-25(24)39-28)29(37)33-18-26(36)40-31(3,4)5/h6-12,17,20,23,27-28H,13-16,18-19H2,1-5H3,(H,33,37). The van der Waals surface area contributed by atoms with Crippen LogP contribution in [0.3, 0.4) is 0 Å². The summed E-state index contributed by atoms with van der Waals surface area (Å²) in [6.07, 6.45) is 0.649. The Labute approximate surface area is 241 Å². The Bertz CT molecular complexity index is 1210. The molecule has 1 fully saturated rings. The second-order valence-electron chi connectivity index (χ2n) is 11.9. The van der Waals surface area contributed by atoms with E-state index < -0.39 is 29.6 Å². The van der Waals surface area contributed by atoms with Crippen LogP contribution in [0.15, 0.2) is 48.5 Å². The van der Waals surface area contributed by atoms with Gasteiger partial charge in [0, 0.05) is 36.3 Å². The van der Waals surface area contributed by atoms with Crippen molar-refractivity contribution in [3.8, 4) is 5.75 Å². The smallest absolute Gasteiger partial charge is 0.325 e. The Morgan fingerprint density at radius 3 is 2.40 bits per heavy atom. The SMILES string of the molecule is CC(C)C1Oc2ccc(Cl)cc2C(C(=O)NCC(=O)OC(C)(C)C)N(C2CCN(Cc3ccccc3)CC2)C1=O. The molecule has 0 spiro atoms. The van der Waals surface area contributed by atoms with Gasteiger partial charge in [0.05, 0.1) is 0 Å². The van der Waals surface area contributed by atoms with E-state index in [-0.39, 0.29) is 24.4 Å². The second-order valence-corrected chi connectivity index (χ2v) is 12.3. The molecule has 9 heteroatoms. The lowest BCUT2D eigenvalue weighted by Gasteiger charge is -2.42. The first-order valence-corrected chi connectivity index (χ1v) is 14.3. The molecule has 2 heterocycles. The number of likely N-dealkylation sites (tertiary alicyclic amines) is 1. The topological polar surface area (TPSA) is 88.2 Å². The molecule has 2 aromatic carbocycles. The molecule has 2 aliphatic heterocycles. The first kappa shape index (κ1) is 29.9. The van der Waals surface area contributed by atoms with Crippen LogP contribution >= 0.6 is 11.6 Å². The zero-order chi connectivity index (χ0) is 29.0. The quantitative estimate of drug-likeness (QED) is 0.484. The molecule has 2 unspecified atom stereocenters. The number of nitrogens with one attached hydrogen (secondary N) is 1. The van der Waals surface area contributed by atoms with E-state index in [4.69, 9.17) is 21.1 Å². The molecule has 0 bridgehead atoms. The summed E-state index contributed by atoms with van der Waals surface area (Å²) in [5.74, 6) is -0.939. The Morgan fingerprint density at radius 2 is 1.77 bits per heavy atom. The number of fused-ring (bicyclic) bond motifs is 1. The van der Waals surface area contributed by atoms with Crippen molar-refractivity contribution in [2.45, 2.75) is 77.8 Å². The maximum absolute atomic E-state index is 14.1. The van der Waals surface area contributed by atoms with Crippen molar-refractivity contribution in [2.24, 2.45) is 5.92 Å². The minimum Gasteiger partial charge on any atom is -0.480 e. The monoisotopic (exact) mass is 569 g/mol. The predicted octanol–water partition coefficient (Wildman–Crippen LogP) is 4.75. The van der Waals surface area contributed by atoms with Crippen molar-refractivity contribution in [3.05, 3.63) is 64.7 Å². The van der Waals surface area contributed by atoms with Gasteiger partial charge in [0.25, 0.3) is 5.91 Å². The predicted molar refractivity (Wildman–Crippen MR) is 154 cm³/mol. The summed E-state index contributed by atoms with van der Waals surface area (Å²) in [4.78, 5) is 44.5. The van der Waals surface area contributed by atoms with Gasteiger partial charge in [0.1, 0.15) is 23.9 Å². The number of carbonyl (C=O) groups is 3. The third-order valence-corrected chi connectivity index (χ3v) is 7.41. The van der Waals surface area contributed by atoms with E-state index in [1.165, 1.54) is 5.56 Å². The molecule has 1 saturated heterocycles. The van der Waals surface area contributed by atoms with E-state index in [0.29, 0.717) is 29.2 Å². The molecule has 8 nitrogen and oxygen atoms in total. The number of hydrogen-bond donors (Lipinski definition) is 1. The van der Waals surface area contributed by atoms with Gasteiger partial charge in [0.15, 0.2) is 6.10 Å². The van der Waals surface area contributed by atoms with Crippen molar-refractivity contribution in [1.29, 1.82) is 0 Å². The summed E-state index contributed by atoms with van der Waals surface area (Å²) in [6.45, 7) is 11.3. The minimum atomic E-state index is -1.00. The number of esters is 1. The lowest BCUT2D eigenvalue weighted by molar-refractivity contribution is -0.155. The third kappa shape index (κ3) is 7.34. The molecule has 2 aliphatic rings. The van der Waals surface area contributed by atoms with Gasteiger partial charge in [-0.1, -0.05) is 55.8 Å². The normalized spacial score (nSPS) is 20.5. The first-order valence-electron chi connectivity index (χ1n) is 14.0. The summed E-state index contributed by atoms with van der Waals surface area (Å²) in [5, 5.41) is 3.15. The van der Waals surface area contributed by atoms with Gasteiger partial charge in [-0.15, -0.1) is 0 Å². The average Bonchev–Trinajstić information content (AvgIpc) is 3.01. The molecule has 2 amide bonds. The third-order valence-electron chi connectivity index (χ3n) is 7.18. The van der Waals surface area contributed by atoms with E-state index in [1.54, 1.807) is 43.9 Å². The maximum atomic E-state index is 14.1. The largest absolute Gasteiger partial charge is 0.480 e. The van der Waals surface area contributed by atoms with Crippen molar-refractivity contribution >= 4 is 29.4 Å². The molecule has 0 aromatic heterocycles. The number of rotatable bonds is 7. The van der Waals surface area contributed by atoms with Gasteiger partial charge in [0.2, 0.25) is 5.91 Å². The molecular weight excluding hydrogens is 530 g/mol. The summed E-state index contributed by atoms with van der Waals surface area (Å²) >= 11 is 6.39. The highest BCUT2D eigenvalue weighted by Crippen LogP contribution is 2.40. The van der Waals surface area contributed by atoms with Crippen LogP contribution in [0.2, 0.25) is 5.02 Å². The number of hydrogen-bond acceptors (Lipinski definition) is 6. The van der Waals surface area contributed by atoms with Crippen LogP contribution in [-0.4, -0.2) is 65.0 Å². The number of amides is 2. The van der Waals surface area contributed by atoms with Crippen molar-refractivity contribution in [2.75, 3.05) is 19.6 Å². The number of halogens is 1. The Kier molecular flexibility index (Phi) is 9.41. The molecule has 0 saturated carbocycles. The molecular formula is C31H40ClN3O5. The average molecular weight is 570 g/mol. The van der Waals surface area contributed by atoms with Crippen LogP contribution in [-0.2, 0) is 25.7 Å². The van der Waals surface area contributed by atoms with E-state index >= 15 is 0 Å². The van der Waals surface area contributed by atoms with E-state index in [1.807, 2.05) is 32.0 Å². The van der Waals surface area contributed by atoms with Gasteiger partial charge in [-0.3, -0.25) is 19.3 Å². The lowest BCUT2D eigenvalue weighted by Crippen LogP contribution is -2.55. The van der Waals surface area contributed by atoms with Crippen LogP contribution < -0.4 is 10.1 Å². The summed E-state index contributed by atoms with van der Waals surface area (Å²) < 4.78 is 11.6. The fraction of sp³-hybridized carbons (Fsp3) is 0.516. The van der Waals surface area contributed by atoms with Crippen LogP contribution in [0, 0.1) is 5.92 Å². The summed E-state index contributed by atoms with van der Waals surface area (Å²) in [5.41, 5.74) is 1.07. The van der Waals surface area contributed by atoms with Gasteiger partial charge in [-0.25, -0.2) is 0 Å². The van der Waals surface area contributed by atoms with Crippen LogP contribution in [0.5, 0.6) is 5.75 Å². The second kappa shape index (κ2) is 12.6. The Hall–Kier alpha value is -3.10. The molecule has 0 aliphatic carbocycles. The molecule has 2 atom stereocenters. The fourth-order valence-electron chi connectivity index (χ4n) is 5.36. The van der Waals surface area contributed by atoms with Crippen LogP contribution in [0.25, 0.3) is 0 Å². The fourth-order valence-corrected chi connectivity index (χ4v) is 5.54. The molecule has 0 radical (unpaired) electrons. The van der Waals surface area contributed by atoms with Gasteiger partial charge in [-0.05, 0) is 63.3 Å². The molecule has 216 valence electrons. The maximum Gasteiger partial charge on any atom is 0.325 e. The zero-order valence-electron chi connectivity index (χ0n) is 24.0.